The van der Waals surface area contributed by atoms with Gasteiger partial charge in [0.05, 0.1) is 51.7 Å². The first-order valence-electron chi connectivity index (χ1n) is 16.3. The van der Waals surface area contributed by atoms with Gasteiger partial charge in [0.25, 0.3) is 12.3 Å². The Morgan fingerprint density at radius 3 is 2.39 bits per heavy atom. The van der Waals surface area contributed by atoms with Crippen molar-refractivity contribution in [2.24, 2.45) is 13.0 Å². The molecule has 0 unspecified atom stereocenters. The second-order valence-electron chi connectivity index (χ2n) is 13.5. The van der Waals surface area contributed by atoms with Crippen LogP contribution in [0.3, 0.4) is 0 Å². The lowest BCUT2D eigenvalue weighted by atomic mass is 9.93. The van der Waals surface area contributed by atoms with Crippen molar-refractivity contribution in [3.05, 3.63) is 99.6 Å². The number of benzene rings is 2. The monoisotopic (exact) mass is 792 g/mol. The number of fused-ring (bicyclic) bond motifs is 4. The van der Waals surface area contributed by atoms with Crippen molar-refractivity contribution in [1.29, 1.82) is 0 Å². The predicted octanol–water partition coefficient (Wildman–Crippen LogP) is 6.61. The molecule has 3 heterocycles. The standard InChI is InChI=1S/C35H31ClF6N8O3S/c1-15-25-27-30(33(39)40)45-50(32(27)35(41,42)28(15)25)14-24(51)44-23(10-16-8-17(37)11-18(38)9-16)29-21(12-19(13-43-29)48(2)3)20-6-7-22(36)26-31(20)49(4)46-34(26)47-54(5,52)53/h6-9,11-13,23,25,28,33H,1,10,14H2,2-5H3,(H,44,51)(H,46,47)/t23-,25+,28+/m0/s1. The number of anilines is 2. The predicted molar refractivity (Wildman–Crippen MR) is 189 cm³/mol. The Bertz CT molecular complexity index is 2480. The van der Waals surface area contributed by atoms with Crippen LogP contribution in [0.4, 0.5) is 37.8 Å². The molecule has 284 valence electrons. The number of carbonyl (C=O) groups is 1. The summed E-state index contributed by atoms with van der Waals surface area (Å²) in [6.45, 7) is 2.69. The van der Waals surface area contributed by atoms with Gasteiger partial charge in [-0.05, 0) is 36.2 Å². The third-order valence-electron chi connectivity index (χ3n) is 9.52. The zero-order chi connectivity index (χ0) is 39.2. The number of amides is 1. The zero-order valence-corrected chi connectivity index (χ0v) is 30.5. The summed E-state index contributed by atoms with van der Waals surface area (Å²) >= 11 is 6.58. The van der Waals surface area contributed by atoms with Gasteiger partial charge in [-0.15, -0.1) is 0 Å². The van der Waals surface area contributed by atoms with E-state index < -0.39 is 75.7 Å². The third kappa shape index (κ3) is 6.44. The second kappa shape index (κ2) is 13.0. The van der Waals surface area contributed by atoms with Gasteiger partial charge in [0, 0.05) is 49.8 Å². The number of sulfonamides is 1. The molecule has 2 aliphatic rings. The number of nitrogens with one attached hydrogen (secondary N) is 2. The molecule has 19 heteroatoms. The molecule has 3 aromatic heterocycles. The van der Waals surface area contributed by atoms with E-state index in [1.165, 1.54) is 16.9 Å². The molecule has 11 nitrogen and oxygen atoms in total. The third-order valence-corrected chi connectivity index (χ3v) is 10.4. The molecule has 1 saturated carbocycles. The van der Waals surface area contributed by atoms with Crippen LogP contribution in [0.2, 0.25) is 5.02 Å². The lowest BCUT2D eigenvalue weighted by molar-refractivity contribution is -0.122. The van der Waals surface area contributed by atoms with Gasteiger partial charge in [-0.2, -0.15) is 19.0 Å². The molecule has 0 bridgehead atoms. The number of nitrogens with zero attached hydrogens (tertiary/aromatic N) is 6. The highest BCUT2D eigenvalue weighted by molar-refractivity contribution is 7.92. The van der Waals surface area contributed by atoms with Gasteiger partial charge in [0.2, 0.25) is 15.9 Å². The van der Waals surface area contributed by atoms with E-state index in [1.54, 1.807) is 38.2 Å². The van der Waals surface area contributed by atoms with Crippen LogP contribution < -0.4 is 14.9 Å². The lowest BCUT2D eigenvalue weighted by Gasteiger charge is -2.24. The van der Waals surface area contributed by atoms with Crippen molar-refractivity contribution in [3.8, 4) is 11.1 Å². The summed E-state index contributed by atoms with van der Waals surface area (Å²) in [6, 6.07) is 6.39. The number of aromatic nitrogens is 5. The van der Waals surface area contributed by atoms with Gasteiger partial charge >= 0.3 is 0 Å². The first-order valence-corrected chi connectivity index (χ1v) is 18.5. The first kappa shape index (κ1) is 37.2. The number of alkyl halides is 4. The lowest BCUT2D eigenvalue weighted by Crippen LogP contribution is -2.35. The molecule has 2 N–H and O–H groups in total. The van der Waals surface area contributed by atoms with E-state index in [0.29, 0.717) is 33.1 Å². The van der Waals surface area contributed by atoms with Crippen molar-refractivity contribution in [2.45, 2.75) is 37.3 Å². The molecule has 2 aliphatic carbocycles. The highest BCUT2D eigenvalue weighted by atomic mass is 35.5. The highest BCUT2D eigenvalue weighted by Crippen LogP contribution is 2.71. The van der Waals surface area contributed by atoms with Gasteiger partial charge in [-0.1, -0.05) is 29.8 Å². The number of rotatable bonds is 11. The minimum absolute atomic E-state index is 0.0619. The van der Waals surface area contributed by atoms with Crippen LogP contribution in [0.1, 0.15) is 46.6 Å². The van der Waals surface area contributed by atoms with Crippen LogP contribution >= 0.6 is 11.6 Å². The minimum Gasteiger partial charge on any atom is -0.376 e. The maximum absolute atomic E-state index is 15.5. The Kier molecular flexibility index (Phi) is 8.99. The maximum Gasteiger partial charge on any atom is 0.297 e. The number of carbonyl (C=O) groups excluding carboxylic acids is 1. The highest BCUT2D eigenvalue weighted by Gasteiger charge is 2.70. The maximum atomic E-state index is 15.5. The summed E-state index contributed by atoms with van der Waals surface area (Å²) in [5.74, 6) is -8.77. The fourth-order valence-electron chi connectivity index (χ4n) is 7.29. The van der Waals surface area contributed by atoms with E-state index in [4.69, 9.17) is 11.6 Å². The molecule has 54 heavy (non-hydrogen) atoms. The largest absolute Gasteiger partial charge is 0.376 e. The molecular weight excluding hydrogens is 762 g/mol. The molecule has 0 radical (unpaired) electrons. The average molecular weight is 793 g/mol. The molecule has 0 spiro atoms. The molecular formula is C35H31ClF6N8O3S. The molecule has 0 saturated heterocycles. The Labute approximate surface area is 309 Å². The van der Waals surface area contributed by atoms with Crippen molar-refractivity contribution in [1.82, 2.24) is 29.9 Å². The van der Waals surface area contributed by atoms with Crippen LogP contribution in [0.15, 0.2) is 54.7 Å². The topological polar surface area (TPSA) is 127 Å². The molecule has 3 atom stereocenters. The Balaban J connectivity index is 1.36. The van der Waals surface area contributed by atoms with Crippen molar-refractivity contribution in [3.63, 3.8) is 0 Å². The number of pyridine rings is 1. The quantitative estimate of drug-likeness (QED) is 0.114. The van der Waals surface area contributed by atoms with Gasteiger partial charge in [0.1, 0.15) is 29.6 Å². The number of hydrogen-bond donors (Lipinski definition) is 2. The van der Waals surface area contributed by atoms with Gasteiger partial charge in [-0.3, -0.25) is 23.9 Å². The zero-order valence-electron chi connectivity index (χ0n) is 28.9. The molecule has 5 aromatic rings. The van der Waals surface area contributed by atoms with E-state index in [1.807, 2.05) is 0 Å². The van der Waals surface area contributed by atoms with Crippen LogP contribution in [-0.2, 0) is 40.8 Å². The normalized spacial score (nSPS) is 17.8. The van der Waals surface area contributed by atoms with Crippen LogP contribution in [0.5, 0.6) is 0 Å². The van der Waals surface area contributed by atoms with Crippen molar-refractivity contribution >= 4 is 49.9 Å². The summed E-state index contributed by atoms with van der Waals surface area (Å²) in [5.41, 5.74) is 0.0591. The fourth-order valence-corrected chi connectivity index (χ4v) is 8.02. The van der Waals surface area contributed by atoms with Crippen LogP contribution in [-0.4, -0.2) is 59.2 Å². The van der Waals surface area contributed by atoms with Gasteiger partial charge in [0.15, 0.2) is 5.82 Å². The number of halogens is 7. The SMILES string of the molecule is C=C1[C@@H]2c3c(C(F)F)nn(CC(=O)N[C@@H](Cc4cc(F)cc(F)c4)c4ncc(N(C)C)cc4-c4ccc(Cl)c5c(NS(C)(=O)=O)nn(C)c45)c3C(F)(F)[C@H]12. The van der Waals surface area contributed by atoms with E-state index in [2.05, 4.69) is 31.8 Å². The van der Waals surface area contributed by atoms with Gasteiger partial charge < -0.3 is 10.2 Å². The minimum atomic E-state index is -3.80. The fraction of sp³-hybridized carbons (Fsp3) is 0.314. The van der Waals surface area contributed by atoms with Crippen molar-refractivity contribution in [2.75, 3.05) is 30.0 Å². The summed E-state index contributed by atoms with van der Waals surface area (Å²) in [5, 5.41) is 11.2. The number of hydrogen-bond acceptors (Lipinski definition) is 7. The molecule has 7 rings (SSSR count). The number of allylic oxidation sites excluding steroid dienone is 1. The van der Waals surface area contributed by atoms with E-state index in [-0.39, 0.29) is 45.0 Å². The molecule has 1 amide bonds. The van der Waals surface area contributed by atoms with Crippen molar-refractivity contribution < 1.29 is 39.6 Å². The van der Waals surface area contributed by atoms with E-state index in [9.17, 15) is 30.8 Å². The van der Waals surface area contributed by atoms with Gasteiger partial charge in [-0.25, -0.2) is 26.0 Å². The van der Waals surface area contributed by atoms with E-state index in [0.717, 1.165) is 18.4 Å². The summed E-state index contributed by atoms with van der Waals surface area (Å²) in [6.07, 6.45) is -1.04. The summed E-state index contributed by atoms with van der Waals surface area (Å²) in [4.78, 5) is 20.2. The van der Waals surface area contributed by atoms with Crippen LogP contribution in [0.25, 0.3) is 22.0 Å². The number of aryl methyl sites for hydroxylation is 1. The summed E-state index contributed by atoms with van der Waals surface area (Å²) < 4.78 is 117. The molecule has 2 aromatic carbocycles. The Morgan fingerprint density at radius 2 is 1.76 bits per heavy atom. The smallest absolute Gasteiger partial charge is 0.297 e. The average Bonchev–Trinajstić information content (AvgIpc) is 3.29. The van der Waals surface area contributed by atoms with Crippen LogP contribution in [0, 0.1) is 17.6 Å². The second-order valence-corrected chi connectivity index (χ2v) is 15.7. The summed E-state index contributed by atoms with van der Waals surface area (Å²) in [7, 11) is 1.25. The molecule has 1 fully saturated rings. The Hall–Kier alpha value is -5.10. The molecule has 0 aliphatic heterocycles. The van der Waals surface area contributed by atoms with E-state index >= 15 is 8.78 Å². The Morgan fingerprint density at radius 1 is 1.07 bits per heavy atom. The first-order chi connectivity index (χ1) is 25.3.